The van der Waals surface area contributed by atoms with Crippen LogP contribution in [0, 0.1) is 0 Å². The summed E-state index contributed by atoms with van der Waals surface area (Å²) in [5.41, 5.74) is 1.88. The van der Waals surface area contributed by atoms with Crippen LogP contribution in [0.3, 0.4) is 0 Å². The smallest absolute Gasteiger partial charge is 0.396 e. The highest BCUT2D eigenvalue weighted by atomic mass is 32.1. The molecule has 0 aliphatic carbocycles. The molecule has 0 unspecified atom stereocenters. The Morgan fingerprint density at radius 1 is 1.26 bits per heavy atom. The number of thiazole rings is 1. The van der Waals surface area contributed by atoms with E-state index < -0.39 is 11.9 Å². The molecular weight excluding hydrogens is 316 g/mol. The van der Waals surface area contributed by atoms with Crippen molar-refractivity contribution in [1.29, 1.82) is 0 Å². The van der Waals surface area contributed by atoms with Gasteiger partial charge in [0.05, 0.1) is 19.4 Å². The van der Waals surface area contributed by atoms with E-state index in [4.69, 9.17) is 4.74 Å². The largest absolute Gasteiger partial charge is 0.497 e. The molecule has 0 fully saturated rings. The summed E-state index contributed by atoms with van der Waals surface area (Å²) in [5, 5.41) is 5.36. The molecule has 0 aliphatic heterocycles. The number of benzene rings is 1. The number of hydrogen-bond donors (Lipinski definition) is 1. The van der Waals surface area contributed by atoms with Crippen LogP contribution in [0.5, 0.6) is 5.75 Å². The zero-order valence-corrected chi connectivity index (χ0v) is 13.8. The Kier molecular flexibility index (Phi) is 6.10. The Balaban J connectivity index is 1.87. The van der Waals surface area contributed by atoms with E-state index >= 15 is 0 Å². The normalized spacial score (nSPS) is 10.2. The molecule has 0 saturated carbocycles. The first-order valence-electron chi connectivity index (χ1n) is 7.17. The van der Waals surface area contributed by atoms with Gasteiger partial charge in [0.1, 0.15) is 10.8 Å². The van der Waals surface area contributed by atoms with E-state index in [2.05, 4.69) is 15.0 Å². The second-order valence-corrected chi connectivity index (χ2v) is 5.46. The highest BCUT2D eigenvalue weighted by Gasteiger charge is 2.13. The zero-order valence-electron chi connectivity index (χ0n) is 13.0. The molecule has 1 amide bonds. The number of rotatable bonds is 6. The summed E-state index contributed by atoms with van der Waals surface area (Å²) in [6, 6.07) is 7.67. The van der Waals surface area contributed by atoms with Crippen molar-refractivity contribution >= 4 is 23.2 Å². The van der Waals surface area contributed by atoms with E-state index in [1.807, 2.05) is 29.6 Å². The second-order valence-electron chi connectivity index (χ2n) is 4.60. The summed E-state index contributed by atoms with van der Waals surface area (Å²) in [5.74, 6) is -0.783. The fourth-order valence-electron chi connectivity index (χ4n) is 1.86. The van der Waals surface area contributed by atoms with Crippen LogP contribution in [0.1, 0.15) is 12.6 Å². The van der Waals surface area contributed by atoms with Crippen LogP contribution in [-0.2, 0) is 20.7 Å². The van der Waals surface area contributed by atoms with Gasteiger partial charge in [-0.05, 0) is 31.2 Å². The highest BCUT2D eigenvalue weighted by Crippen LogP contribution is 2.25. The Labute approximate surface area is 138 Å². The number of carbonyl (C=O) groups excluding carboxylic acids is 2. The van der Waals surface area contributed by atoms with Gasteiger partial charge in [-0.15, -0.1) is 11.3 Å². The van der Waals surface area contributed by atoms with Gasteiger partial charge in [0, 0.05) is 23.9 Å². The maximum atomic E-state index is 11.4. The monoisotopic (exact) mass is 334 g/mol. The molecule has 122 valence electrons. The SMILES string of the molecule is CCOC(=O)C(=O)NCCc1csc(-c2ccc(OC)cc2)n1. The first kappa shape index (κ1) is 17.0. The number of esters is 1. The standard InChI is InChI=1S/C16H18N2O4S/c1-3-22-16(20)14(19)17-9-8-12-10-23-15(18-12)11-4-6-13(21-2)7-5-11/h4-7,10H,3,8-9H2,1-2H3,(H,17,19). The predicted octanol–water partition coefficient (Wildman–Crippen LogP) is 2.04. The lowest BCUT2D eigenvalue weighted by Crippen LogP contribution is -2.33. The first-order chi connectivity index (χ1) is 11.1. The van der Waals surface area contributed by atoms with Crippen LogP contribution in [0.2, 0.25) is 0 Å². The summed E-state index contributed by atoms with van der Waals surface area (Å²) in [7, 11) is 1.63. The molecule has 6 nitrogen and oxygen atoms in total. The molecule has 0 bridgehead atoms. The number of ether oxygens (including phenoxy) is 2. The molecule has 0 atom stereocenters. The summed E-state index contributed by atoms with van der Waals surface area (Å²) < 4.78 is 9.74. The van der Waals surface area contributed by atoms with E-state index in [0.29, 0.717) is 13.0 Å². The molecule has 2 aromatic rings. The van der Waals surface area contributed by atoms with Gasteiger partial charge in [0.2, 0.25) is 0 Å². The lowest BCUT2D eigenvalue weighted by molar-refractivity contribution is -0.154. The minimum absolute atomic E-state index is 0.184. The minimum Gasteiger partial charge on any atom is -0.497 e. The second kappa shape index (κ2) is 8.28. The van der Waals surface area contributed by atoms with Gasteiger partial charge in [0.25, 0.3) is 0 Å². The predicted molar refractivity (Wildman–Crippen MR) is 87.4 cm³/mol. The quantitative estimate of drug-likeness (QED) is 0.646. The number of carbonyl (C=O) groups is 2. The van der Waals surface area contributed by atoms with Crippen molar-refractivity contribution in [1.82, 2.24) is 10.3 Å². The topological polar surface area (TPSA) is 77.5 Å². The van der Waals surface area contributed by atoms with Crippen molar-refractivity contribution in [3.05, 3.63) is 35.3 Å². The molecule has 1 aromatic carbocycles. The van der Waals surface area contributed by atoms with Crippen LogP contribution in [0.15, 0.2) is 29.6 Å². The van der Waals surface area contributed by atoms with Crippen LogP contribution >= 0.6 is 11.3 Å². The maximum absolute atomic E-state index is 11.4. The Hall–Kier alpha value is -2.41. The molecule has 0 aliphatic rings. The van der Waals surface area contributed by atoms with E-state index in [1.165, 1.54) is 11.3 Å². The van der Waals surface area contributed by atoms with E-state index in [0.717, 1.165) is 22.0 Å². The van der Waals surface area contributed by atoms with Crippen LogP contribution < -0.4 is 10.1 Å². The van der Waals surface area contributed by atoms with Crippen LogP contribution in [-0.4, -0.2) is 37.1 Å². The lowest BCUT2D eigenvalue weighted by Gasteiger charge is -2.03. The van der Waals surface area contributed by atoms with E-state index in [9.17, 15) is 9.59 Å². The zero-order chi connectivity index (χ0) is 16.7. The van der Waals surface area contributed by atoms with Gasteiger partial charge in [-0.1, -0.05) is 0 Å². The van der Waals surface area contributed by atoms with Gasteiger partial charge in [0.15, 0.2) is 0 Å². The molecule has 1 aromatic heterocycles. The van der Waals surface area contributed by atoms with Gasteiger partial charge in [-0.2, -0.15) is 0 Å². The van der Waals surface area contributed by atoms with Crippen molar-refractivity contribution < 1.29 is 19.1 Å². The molecule has 1 N–H and O–H groups in total. The molecule has 1 heterocycles. The summed E-state index contributed by atoms with van der Waals surface area (Å²) >= 11 is 1.53. The molecule has 0 spiro atoms. The average molecular weight is 334 g/mol. The molecule has 0 radical (unpaired) electrons. The van der Waals surface area contributed by atoms with Crippen LogP contribution in [0.25, 0.3) is 10.6 Å². The third-order valence-electron chi connectivity index (χ3n) is 3.02. The summed E-state index contributed by atoms with van der Waals surface area (Å²) in [6.45, 7) is 2.17. The third kappa shape index (κ3) is 4.79. The number of nitrogens with one attached hydrogen (secondary N) is 1. The number of amides is 1. The van der Waals surface area contributed by atoms with Gasteiger partial charge < -0.3 is 14.8 Å². The molecule has 7 heteroatoms. The van der Waals surface area contributed by atoms with Crippen molar-refractivity contribution in [2.24, 2.45) is 0 Å². The van der Waals surface area contributed by atoms with Crippen molar-refractivity contribution in [3.63, 3.8) is 0 Å². The number of hydrogen-bond acceptors (Lipinski definition) is 6. The van der Waals surface area contributed by atoms with Gasteiger partial charge >= 0.3 is 11.9 Å². The number of methoxy groups -OCH3 is 1. The van der Waals surface area contributed by atoms with E-state index in [1.54, 1.807) is 14.0 Å². The average Bonchev–Trinajstić information content (AvgIpc) is 3.04. The van der Waals surface area contributed by atoms with Crippen molar-refractivity contribution in [2.75, 3.05) is 20.3 Å². The third-order valence-corrected chi connectivity index (χ3v) is 3.96. The first-order valence-corrected chi connectivity index (χ1v) is 8.05. The summed E-state index contributed by atoms with van der Waals surface area (Å²) in [4.78, 5) is 27.1. The highest BCUT2D eigenvalue weighted by molar-refractivity contribution is 7.13. The Morgan fingerprint density at radius 2 is 2.00 bits per heavy atom. The molecule has 0 saturated heterocycles. The Bertz CT molecular complexity index is 667. The number of nitrogens with zero attached hydrogens (tertiary/aromatic N) is 1. The minimum atomic E-state index is -0.857. The fourth-order valence-corrected chi connectivity index (χ4v) is 2.72. The molecular formula is C16H18N2O4S. The fraction of sp³-hybridized carbons (Fsp3) is 0.312. The van der Waals surface area contributed by atoms with Crippen LogP contribution in [0.4, 0.5) is 0 Å². The Morgan fingerprint density at radius 3 is 2.65 bits per heavy atom. The maximum Gasteiger partial charge on any atom is 0.396 e. The van der Waals surface area contributed by atoms with Crippen molar-refractivity contribution in [2.45, 2.75) is 13.3 Å². The van der Waals surface area contributed by atoms with E-state index in [-0.39, 0.29) is 6.61 Å². The van der Waals surface area contributed by atoms with Gasteiger partial charge in [-0.3, -0.25) is 4.79 Å². The lowest BCUT2D eigenvalue weighted by atomic mass is 10.2. The molecule has 23 heavy (non-hydrogen) atoms. The van der Waals surface area contributed by atoms with Gasteiger partial charge in [-0.25, -0.2) is 9.78 Å². The van der Waals surface area contributed by atoms with Crippen molar-refractivity contribution in [3.8, 4) is 16.3 Å². The number of aromatic nitrogens is 1. The summed E-state index contributed by atoms with van der Waals surface area (Å²) in [6.07, 6.45) is 0.553. The molecule has 2 rings (SSSR count).